The zero-order chi connectivity index (χ0) is 13.5. The molecule has 118 valence electrons. The van der Waals surface area contributed by atoms with Crippen molar-refractivity contribution in [3.63, 3.8) is 0 Å². The van der Waals surface area contributed by atoms with Gasteiger partial charge in [-0.2, -0.15) is 0 Å². The van der Waals surface area contributed by atoms with Crippen LogP contribution in [0.25, 0.3) is 0 Å². The molecule has 0 N–H and O–H groups in total. The molecule has 0 saturated heterocycles. The normalized spacial score (nSPS) is 10.2. The monoisotopic (exact) mass is 1090 g/mol. The summed E-state index contributed by atoms with van der Waals surface area (Å²) in [6.07, 6.45) is 0. The molecular formula is O12W3Yb2. The van der Waals surface area contributed by atoms with Crippen molar-refractivity contribution in [3.05, 3.63) is 0 Å². The molecule has 2 radical (unpaired) electrons. The van der Waals surface area contributed by atoms with Crippen molar-refractivity contribution >= 4 is 0 Å². The molecular weight excluding hydrogens is 1090 g/mol. The standard InChI is InChI=1S/12O.3W.2Yb/q;;;;;;6*-1;;;;2*+3. The summed E-state index contributed by atoms with van der Waals surface area (Å²) in [7, 11) is 0. The van der Waals surface area contributed by atoms with Crippen molar-refractivity contribution in [2.75, 3.05) is 0 Å². The van der Waals surface area contributed by atoms with Crippen LogP contribution >= 0.6 is 0 Å². The molecule has 17 heteroatoms. The molecule has 0 aliphatic rings. The first kappa shape index (κ1) is 32.6. The van der Waals surface area contributed by atoms with Crippen molar-refractivity contribution < 1.29 is 187 Å². The van der Waals surface area contributed by atoms with Gasteiger partial charge in [0.1, 0.15) is 0 Å². The Kier molecular flexibility index (Phi) is 28.0. The number of hydrogen-bond donors (Lipinski definition) is 0. The molecule has 0 aliphatic heterocycles. The summed E-state index contributed by atoms with van der Waals surface area (Å²) in [5.74, 6) is 0. The van der Waals surface area contributed by atoms with Gasteiger partial charge in [-0.1, -0.05) is 0 Å². The van der Waals surface area contributed by atoms with Crippen molar-refractivity contribution in [2.45, 2.75) is 0 Å². The van der Waals surface area contributed by atoms with Gasteiger partial charge in [-0.05, 0) is 0 Å². The van der Waals surface area contributed by atoms with E-state index in [1.807, 2.05) is 0 Å². The van der Waals surface area contributed by atoms with E-state index in [1.165, 1.54) is 0 Å². The van der Waals surface area contributed by atoms with Crippen LogP contribution in [0.5, 0.6) is 0 Å². The Morgan fingerprint density at radius 1 is 0.412 bits per heavy atom. The van der Waals surface area contributed by atoms with Crippen LogP contribution in [0.4, 0.5) is 0 Å². The predicted octanol–water partition coefficient (Wildman–Crippen LogP) is -7.85. The number of rotatable bonds is 0. The summed E-state index contributed by atoms with van der Waals surface area (Å²) < 4.78 is 104. The van der Waals surface area contributed by atoms with Crippen molar-refractivity contribution in [1.29, 1.82) is 0 Å². The average Bonchev–Trinajstić information content (AvgIpc) is 1.41. The Labute approximate surface area is 182 Å². The Bertz CT molecular complexity index is 341. The summed E-state index contributed by atoms with van der Waals surface area (Å²) in [6.45, 7) is 0. The van der Waals surface area contributed by atoms with Crippen LogP contribution in [0.1, 0.15) is 0 Å². The quantitative estimate of drug-likeness (QED) is 0.220. The first-order valence-electron chi connectivity index (χ1n) is 2.00. The molecule has 0 saturated carbocycles. The van der Waals surface area contributed by atoms with Crippen LogP contribution in [-0.2, 0) is 70.6 Å². The smallest absolute Gasteiger partial charge is 3.00 e. The third-order valence-electron chi connectivity index (χ3n) is 0. The maximum atomic E-state index is 8.65. The largest absolute Gasteiger partial charge is 3.00 e. The Hall–Kier alpha value is 3.66. The first-order chi connectivity index (χ1) is 6.00. The summed E-state index contributed by atoms with van der Waals surface area (Å²) in [6, 6.07) is 0. The van der Waals surface area contributed by atoms with Crippen LogP contribution in [-0.4, -0.2) is 0 Å². The van der Waals surface area contributed by atoms with Crippen LogP contribution in [0.3, 0.4) is 0 Å². The molecule has 0 aliphatic carbocycles. The molecule has 17 heavy (non-hydrogen) atoms. The van der Waals surface area contributed by atoms with Gasteiger partial charge in [0.15, 0.2) is 0 Å². The fourth-order valence-corrected chi connectivity index (χ4v) is 0. The molecule has 0 fully saturated rings. The molecule has 0 aromatic rings. The fraction of sp³-hybridized carbons (Fsp3) is 0. The molecule has 0 amide bonds. The van der Waals surface area contributed by atoms with Gasteiger partial charge < -0.3 is 0 Å². The molecule has 0 bridgehead atoms. The average molecular weight is 1090 g/mol. The van der Waals surface area contributed by atoms with E-state index < -0.39 is 50.2 Å². The summed E-state index contributed by atoms with van der Waals surface area (Å²) in [4.78, 5) is 0. The molecule has 12 nitrogen and oxygen atoms in total. The maximum Gasteiger partial charge on any atom is 3.00 e. The van der Waals surface area contributed by atoms with E-state index in [1.54, 1.807) is 0 Å². The van der Waals surface area contributed by atoms with E-state index in [-0.39, 0.29) is 93.8 Å². The van der Waals surface area contributed by atoms with Gasteiger partial charge in [0, 0.05) is 0 Å². The van der Waals surface area contributed by atoms with Crippen LogP contribution < -0.4 is 22.6 Å². The van der Waals surface area contributed by atoms with Crippen molar-refractivity contribution in [2.24, 2.45) is 0 Å². The van der Waals surface area contributed by atoms with Crippen molar-refractivity contribution in [1.82, 2.24) is 0 Å². The fourth-order valence-electron chi connectivity index (χ4n) is 0. The minimum Gasteiger partial charge on any atom is 3.00 e. The minimum atomic E-state index is -6.17. The van der Waals surface area contributed by atoms with Gasteiger partial charge in [0.05, 0.1) is 0 Å². The Morgan fingerprint density at radius 2 is 0.412 bits per heavy atom. The van der Waals surface area contributed by atoms with E-state index in [2.05, 4.69) is 0 Å². The third kappa shape index (κ3) is 457. The van der Waals surface area contributed by atoms with Gasteiger partial charge in [-0.25, -0.2) is 0 Å². The van der Waals surface area contributed by atoms with Crippen molar-refractivity contribution in [3.8, 4) is 0 Å². The second-order valence-electron chi connectivity index (χ2n) is 1.22. The van der Waals surface area contributed by atoms with Gasteiger partial charge in [0.25, 0.3) is 0 Å². The van der Waals surface area contributed by atoms with Gasteiger partial charge in [-0.15, -0.1) is 0 Å². The summed E-state index contributed by atoms with van der Waals surface area (Å²) in [5.41, 5.74) is 0. The topological polar surface area (TPSA) is 241 Å². The van der Waals surface area contributed by atoms with Gasteiger partial charge >= 0.3 is 187 Å². The molecule has 0 aromatic carbocycles. The summed E-state index contributed by atoms with van der Waals surface area (Å²) >= 11 is -18.5. The maximum absolute atomic E-state index is 8.65. The van der Waals surface area contributed by atoms with Crippen LogP contribution in [0.2, 0.25) is 0 Å². The van der Waals surface area contributed by atoms with Crippen LogP contribution in [0, 0.1) is 93.8 Å². The van der Waals surface area contributed by atoms with E-state index >= 15 is 0 Å². The first-order valence-corrected chi connectivity index (χ1v) is 16.4. The number of hydrogen-bond acceptors (Lipinski definition) is 12. The van der Waals surface area contributed by atoms with Crippen LogP contribution in [0.15, 0.2) is 0 Å². The molecule has 0 heterocycles. The molecule has 0 rings (SSSR count). The van der Waals surface area contributed by atoms with Gasteiger partial charge in [0.2, 0.25) is 0 Å². The zero-order valence-corrected chi connectivity index (χ0v) is 18.9. The molecule has 0 atom stereocenters. The predicted molar refractivity (Wildman–Crippen MR) is 4.12 cm³/mol. The van der Waals surface area contributed by atoms with E-state index in [0.29, 0.717) is 0 Å². The van der Waals surface area contributed by atoms with E-state index in [4.69, 9.17) is 42.9 Å². The summed E-state index contributed by atoms with van der Waals surface area (Å²) in [5, 5.41) is 0. The second kappa shape index (κ2) is 14.6. The Balaban J connectivity index is -0.0000000400. The van der Waals surface area contributed by atoms with Gasteiger partial charge in [-0.3, -0.25) is 0 Å². The van der Waals surface area contributed by atoms with E-state index in [0.717, 1.165) is 0 Å². The molecule has 0 aromatic heterocycles. The third-order valence-corrected chi connectivity index (χ3v) is 0. The zero-order valence-electron chi connectivity index (χ0n) is 6.66. The second-order valence-corrected chi connectivity index (χ2v) is 10.0. The molecule has 0 unspecified atom stereocenters. The van der Waals surface area contributed by atoms with E-state index in [9.17, 15) is 0 Å². The Morgan fingerprint density at radius 3 is 0.412 bits per heavy atom. The minimum absolute atomic E-state index is 0. The molecule has 0 spiro atoms. The SMILES string of the molecule is [O]=[W](=[O])([O-])[O-].[O]=[W](=[O])([O-])[O-].[O]=[W](=[O])([O-])[O-].[Yb+3].[Yb+3].